The largest absolute Gasteiger partial charge is 0.444 e. The van der Waals surface area contributed by atoms with E-state index in [9.17, 15) is 4.79 Å². The summed E-state index contributed by atoms with van der Waals surface area (Å²) < 4.78 is 10.2. The van der Waals surface area contributed by atoms with E-state index in [1.807, 2.05) is 54.6 Å². The SMILES string of the molecule is COC[C@@H](N)Cc1ccc(NC(=O)OCc2ccccc2)cc1. The molecule has 5 heteroatoms. The Morgan fingerprint density at radius 1 is 1.09 bits per heavy atom. The van der Waals surface area contributed by atoms with Crippen LogP contribution < -0.4 is 11.1 Å². The highest BCUT2D eigenvalue weighted by Crippen LogP contribution is 2.12. The standard InChI is InChI=1S/C18H22N2O3/c1-22-13-16(19)11-14-7-9-17(10-8-14)20-18(21)23-12-15-5-3-2-4-6-15/h2-10,16H,11-13,19H2,1H3,(H,20,21)/t16-/m0/s1. The summed E-state index contributed by atoms with van der Waals surface area (Å²) >= 11 is 0. The number of hydrogen-bond donors (Lipinski definition) is 2. The zero-order valence-electron chi connectivity index (χ0n) is 13.2. The molecule has 122 valence electrons. The maximum atomic E-state index is 11.8. The van der Waals surface area contributed by atoms with E-state index in [4.69, 9.17) is 15.2 Å². The molecule has 0 aliphatic heterocycles. The van der Waals surface area contributed by atoms with Crippen LogP contribution in [0.15, 0.2) is 54.6 Å². The third kappa shape index (κ3) is 6.10. The monoisotopic (exact) mass is 314 g/mol. The number of hydrogen-bond acceptors (Lipinski definition) is 4. The second-order valence-electron chi connectivity index (χ2n) is 5.30. The van der Waals surface area contributed by atoms with Crippen LogP contribution in [-0.2, 0) is 22.5 Å². The molecule has 2 aromatic carbocycles. The van der Waals surface area contributed by atoms with E-state index in [1.165, 1.54) is 0 Å². The van der Waals surface area contributed by atoms with Crippen molar-refractivity contribution in [3.05, 3.63) is 65.7 Å². The first kappa shape index (κ1) is 17.0. The Hall–Kier alpha value is -2.37. The summed E-state index contributed by atoms with van der Waals surface area (Å²) in [6, 6.07) is 17.0. The highest BCUT2D eigenvalue weighted by atomic mass is 16.5. The van der Waals surface area contributed by atoms with Crippen LogP contribution in [-0.4, -0.2) is 25.9 Å². The van der Waals surface area contributed by atoms with Crippen molar-refractivity contribution in [1.29, 1.82) is 0 Å². The van der Waals surface area contributed by atoms with Crippen LogP contribution in [0.2, 0.25) is 0 Å². The lowest BCUT2D eigenvalue weighted by molar-refractivity contribution is 0.155. The summed E-state index contributed by atoms with van der Waals surface area (Å²) in [5, 5.41) is 2.70. The Bertz CT molecular complexity index is 599. The lowest BCUT2D eigenvalue weighted by Crippen LogP contribution is -2.27. The van der Waals surface area contributed by atoms with E-state index in [0.717, 1.165) is 17.5 Å². The summed E-state index contributed by atoms with van der Waals surface area (Å²) in [4.78, 5) is 11.8. The fourth-order valence-corrected chi connectivity index (χ4v) is 2.18. The van der Waals surface area contributed by atoms with E-state index < -0.39 is 6.09 Å². The second kappa shape index (κ2) is 8.92. The number of nitrogens with one attached hydrogen (secondary N) is 1. The van der Waals surface area contributed by atoms with Crippen molar-refractivity contribution in [3.63, 3.8) is 0 Å². The van der Waals surface area contributed by atoms with Gasteiger partial charge >= 0.3 is 6.09 Å². The zero-order valence-corrected chi connectivity index (χ0v) is 13.2. The first-order valence-electron chi connectivity index (χ1n) is 7.48. The molecular formula is C18H22N2O3. The molecule has 0 saturated carbocycles. The average Bonchev–Trinajstić information content (AvgIpc) is 2.56. The van der Waals surface area contributed by atoms with Gasteiger partial charge in [0.05, 0.1) is 6.61 Å². The fourth-order valence-electron chi connectivity index (χ4n) is 2.18. The maximum Gasteiger partial charge on any atom is 0.411 e. The number of rotatable bonds is 7. The van der Waals surface area contributed by atoms with Crippen molar-refractivity contribution >= 4 is 11.8 Å². The summed E-state index contributed by atoms with van der Waals surface area (Å²) in [7, 11) is 1.63. The van der Waals surface area contributed by atoms with E-state index in [1.54, 1.807) is 7.11 Å². The third-order valence-corrected chi connectivity index (χ3v) is 3.29. The molecule has 2 aromatic rings. The number of ether oxygens (including phenoxy) is 2. The minimum atomic E-state index is -0.474. The summed E-state index contributed by atoms with van der Waals surface area (Å²) in [6.45, 7) is 0.766. The lowest BCUT2D eigenvalue weighted by Gasteiger charge is -2.11. The first-order valence-corrected chi connectivity index (χ1v) is 7.48. The topological polar surface area (TPSA) is 73.6 Å². The van der Waals surface area contributed by atoms with Crippen LogP contribution >= 0.6 is 0 Å². The predicted octanol–water partition coefficient (Wildman–Crippen LogP) is 2.95. The molecule has 0 saturated heterocycles. The van der Waals surface area contributed by atoms with Crippen LogP contribution in [0.25, 0.3) is 0 Å². The van der Waals surface area contributed by atoms with Crippen LogP contribution in [0.3, 0.4) is 0 Å². The van der Waals surface area contributed by atoms with Crippen molar-refractivity contribution in [3.8, 4) is 0 Å². The Balaban J connectivity index is 1.79. The molecule has 0 radical (unpaired) electrons. The third-order valence-electron chi connectivity index (χ3n) is 3.29. The molecule has 1 atom stereocenters. The van der Waals surface area contributed by atoms with Gasteiger partial charge in [-0.15, -0.1) is 0 Å². The molecule has 0 fully saturated rings. The highest BCUT2D eigenvalue weighted by molar-refractivity contribution is 5.84. The molecule has 23 heavy (non-hydrogen) atoms. The quantitative estimate of drug-likeness (QED) is 0.824. The Morgan fingerprint density at radius 3 is 2.43 bits per heavy atom. The summed E-state index contributed by atoms with van der Waals surface area (Å²) in [6.07, 6.45) is 0.254. The molecular weight excluding hydrogens is 292 g/mol. The molecule has 3 N–H and O–H groups in total. The van der Waals surface area contributed by atoms with Gasteiger partial charge in [-0.1, -0.05) is 42.5 Å². The van der Waals surface area contributed by atoms with E-state index in [0.29, 0.717) is 12.3 Å². The number of anilines is 1. The van der Waals surface area contributed by atoms with Gasteiger partial charge in [-0.25, -0.2) is 4.79 Å². The number of benzene rings is 2. The van der Waals surface area contributed by atoms with Crippen LogP contribution in [0.1, 0.15) is 11.1 Å². The molecule has 0 unspecified atom stereocenters. The van der Waals surface area contributed by atoms with Crippen molar-refractivity contribution < 1.29 is 14.3 Å². The van der Waals surface area contributed by atoms with Gasteiger partial charge in [-0.3, -0.25) is 5.32 Å². The number of nitrogens with two attached hydrogens (primary N) is 1. The van der Waals surface area contributed by atoms with Gasteiger partial charge in [0.2, 0.25) is 0 Å². The molecule has 0 bridgehead atoms. The van der Waals surface area contributed by atoms with E-state index in [2.05, 4.69) is 5.32 Å². The van der Waals surface area contributed by atoms with Crippen molar-refractivity contribution in [2.45, 2.75) is 19.1 Å². The Labute approximate surface area is 136 Å². The van der Waals surface area contributed by atoms with Crippen molar-refractivity contribution in [2.75, 3.05) is 19.0 Å². The molecule has 0 heterocycles. The van der Waals surface area contributed by atoms with Crippen LogP contribution in [0.4, 0.5) is 10.5 Å². The zero-order chi connectivity index (χ0) is 16.5. The van der Waals surface area contributed by atoms with Gasteiger partial charge in [0.1, 0.15) is 6.61 Å². The molecule has 0 aliphatic carbocycles. The number of carbonyl (C=O) groups excluding carboxylic acids is 1. The molecule has 0 aliphatic rings. The van der Waals surface area contributed by atoms with Crippen molar-refractivity contribution in [2.24, 2.45) is 5.73 Å². The minimum Gasteiger partial charge on any atom is -0.444 e. The second-order valence-corrected chi connectivity index (χ2v) is 5.30. The van der Waals surface area contributed by atoms with Gasteiger partial charge in [0, 0.05) is 18.8 Å². The Morgan fingerprint density at radius 2 is 1.78 bits per heavy atom. The number of methoxy groups -OCH3 is 1. The van der Waals surface area contributed by atoms with Gasteiger partial charge in [0.25, 0.3) is 0 Å². The van der Waals surface area contributed by atoms with Crippen LogP contribution in [0.5, 0.6) is 0 Å². The predicted molar refractivity (Wildman–Crippen MR) is 90.2 cm³/mol. The van der Waals surface area contributed by atoms with E-state index >= 15 is 0 Å². The first-order chi connectivity index (χ1) is 11.2. The molecule has 0 aromatic heterocycles. The normalized spacial score (nSPS) is 11.7. The van der Waals surface area contributed by atoms with Gasteiger partial charge < -0.3 is 15.2 Å². The van der Waals surface area contributed by atoms with Crippen molar-refractivity contribution in [1.82, 2.24) is 0 Å². The maximum absolute atomic E-state index is 11.8. The summed E-state index contributed by atoms with van der Waals surface area (Å²) in [5.41, 5.74) is 8.65. The summed E-state index contributed by atoms with van der Waals surface area (Å²) in [5.74, 6) is 0. The Kier molecular flexibility index (Phi) is 6.59. The highest BCUT2D eigenvalue weighted by Gasteiger charge is 2.06. The number of amides is 1. The smallest absolute Gasteiger partial charge is 0.411 e. The van der Waals surface area contributed by atoms with E-state index in [-0.39, 0.29) is 12.6 Å². The fraction of sp³-hybridized carbons (Fsp3) is 0.278. The minimum absolute atomic E-state index is 0.0327. The molecule has 2 rings (SSSR count). The van der Waals surface area contributed by atoms with Crippen LogP contribution in [0, 0.1) is 0 Å². The molecule has 0 spiro atoms. The average molecular weight is 314 g/mol. The van der Waals surface area contributed by atoms with Gasteiger partial charge in [-0.05, 0) is 29.7 Å². The van der Waals surface area contributed by atoms with Gasteiger partial charge in [0.15, 0.2) is 0 Å². The molecule has 5 nitrogen and oxygen atoms in total. The molecule has 1 amide bonds. The number of carbonyl (C=O) groups is 1. The van der Waals surface area contributed by atoms with Gasteiger partial charge in [-0.2, -0.15) is 0 Å². The lowest BCUT2D eigenvalue weighted by atomic mass is 10.1.